The Hall–Kier alpha value is -3.56. The molecule has 4 aliphatic heterocycles. The van der Waals surface area contributed by atoms with E-state index in [0.717, 1.165) is 216 Å². The van der Waals surface area contributed by atoms with Crippen LogP contribution in [0.15, 0.2) is 48.5 Å². The Morgan fingerprint density at radius 3 is 0.595 bits per heavy atom. The zero-order chi connectivity index (χ0) is 66.6. The summed E-state index contributed by atoms with van der Waals surface area (Å²) in [5, 5.41) is 0. The van der Waals surface area contributed by atoms with Crippen molar-refractivity contribution in [1.29, 1.82) is 0 Å². The molecule has 0 saturated carbocycles. The molecule has 4 nitrogen and oxygen atoms in total. The minimum atomic E-state index is 0. The van der Waals surface area contributed by atoms with Gasteiger partial charge in [-0.05, 0) is 298 Å². The molecule has 0 spiro atoms. The number of aryl methyl sites for hydroxylation is 8. The van der Waals surface area contributed by atoms with Gasteiger partial charge in [0.05, 0.1) is 24.4 Å². The van der Waals surface area contributed by atoms with Gasteiger partial charge < -0.3 is 18.9 Å². The van der Waals surface area contributed by atoms with Crippen LogP contribution in [-0.4, -0.2) is 50.8 Å². The maximum absolute atomic E-state index is 14.5. The summed E-state index contributed by atoms with van der Waals surface area (Å²) < 4.78 is 81.5. The van der Waals surface area contributed by atoms with Gasteiger partial charge in [0, 0.05) is 26.4 Å². The van der Waals surface area contributed by atoms with Crippen LogP contribution in [0, 0.1) is 74.6 Å². The average molecular weight is 1670 g/mol. The molecule has 0 aromatic heterocycles. The van der Waals surface area contributed by atoms with E-state index in [1.54, 1.807) is 0 Å². The number of rotatable bonds is 32. The molecular formula is C108H228F4O4. The molecule has 8 atom stereocenters. The van der Waals surface area contributed by atoms with Gasteiger partial charge in [0.25, 0.3) is 0 Å². The maximum atomic E-state index is 14.5. The monoisotopic (exact) mass is 1670 g/mol. The first-order valence-electron chi connectivity index (χ1n) is 38.1. The Kier molecular flexibility index (Phi) is 132. The van der Waals surface area contributed by atoms with E-state index in [1.807, 2.05) is 52.0 Å². The molecule has 0 aliphatic carbocycles. The van der Waals surface area contributed by atoms with Gasteiger partial charge in [-0.25, -0.2) is 17.6 Å². The third-order valence-corrected chi connectivity index (χ3v) is 20.9. The molecule has 4 aromatic carbocycles. The normalized spacial score (nSPS) is 17.1. The van der Waals surface area contributed by atoms with E-state index in [1.165, 1.54) is 120 Å². The van der Waals surface area contributed by atoms with Crippen molar-refractivity contribution >= 4 is 0 Å². The lowest BCUT2D eigenvalue weighted by atomic mass is 9.90. The Morgan fingerprint density at radius 1 is 0.216 bits per heavy atom. The Morgan fingerprint density at radius 2 is 0.388 bits per heavy atom. The third kappa shape index (κ3) is 56.9. The lowest BCUT2D eigenvalue weighted by molar-refractivity contribution is -0.0226. The van der Waals surface area contributed by atoms with E-state index in [4.69, 9.17) is 18.9 Å². The van der Waals surface area contributed by atoms with Crippen molar-refractivity contribution in [2.24, 2.45) is 23.7 Å². The fraction of sp³-hybridized carbons (Fsp3) is 0.778. The van der Waals surface area contributed by atoms with E-state index in [9.17, 15) is 17.6 Å². The second kappa shape index (κ2) is 93.7. The first kappa shape index (κ1) is 163. The first-order valence-corrected chi connectivity index (χ1v) is 38.1. The summed E-state index contributed by atoms with van der Waals surface area (Å²) in [5.41, 5.74) is 11.6. The fourth-order valence-corrected chi connectivity index (χ4v) is 15.0. The summed E-state index contributed by atoms with van der Waals surface area (Å²) in [6, 6.07) is 16.5. The van der Waals surface area contributed by atoms with E-state index >= 15 is 0 Å². The van der Waals surface area contributed by atoms with Crippen LogP contribution in [0.3, 0.4) is 0 Å². The van der Waals surface area contributed by atoms with Crippen LogP contribution < -0.4 is 0 Å². The summed E-state index contributed by atoms with van der Waals surface area (Å²) in [7, 11) is 0. The van der Waals surface area contributed by atoms with Gasteiger partial charge in [0.15, 0.2) is 0 Å². The smallest absolute Gasteiger partial charge is 0.129 e. The van der Waals surface area contributed by atoms with Gasteiger partial charge in [-0.3, -0.25) is 0 Å². The highest BCUT2D eigenvalue weighted by Crippen LogP contribution is 2.32. The largest absolute Gasteiger partial charge is 0.378 e. The molecule has 116 heavy (non-hydrogen) atoms. The second-order valence-corrected chi connectivity index (χ2v) is 28.6. The van der Waals surface area contributed by atoms with Crippen LogP contribution in [0.4, 0.5) is 17.6 Å². The van der Waals surface area contributed by atoms with Crippen molar-refractivity contribution in [3.05, 3.63) is 139 Å². The minimum Gasteiger partial charge on any atom is -0.378 e. The lowest BCUT2D eigenvalue weighted by Crippen LogP contribution is -2.25. The predicted molar refractivity (Wildman–Crippen MR) is 543 cm³/mol. The zero-order valence-electron chi connectivity index (χ0n) is 60.7. The van der Waals surface area contributed by atoms with Crippen LogP contribution in [-0.2, 0) is 70.3 Å². The van der Waals surface area contributed by atoms with Crippen LogP contribution in [0.25, 0.3) is 0 Å². The molecule has 0 N–H and O–H groups in total. The fourth-order valence-electron chi connectivity index (χ4n) is 15.0. The standard InChI is InChI=1S/4C21H33FO.24CH4/c1-4-7-19-13-12-18(16(3)21(19)22)10-6-9-17-11-14-20(8-5-2)23-15-17;1-4-7-18-12-13-19(21(22)16(18)3)10-6-9-17-11-14-20(8-5-2)23-15-17;1-4-7-17-11-14-20(23-15-17)10-6-9-18-12-13-19(8-5-2)21(22)16(18)3;1-4-7-17-11-14-20(23-15-17)10-6-9-19-13-12-18(8-5-2)16(3)21(19)22;;;;;;;;;;;;;;;;;;;;;;;;/h4*12-13,17,20H,4-11,14-15H2,1-3H3;24*1H4. The molecule has 8 unspecified atom stereocenters. The van der Waals surface area contributed by atoms with Crippen LogP contribution in [0.5, 0.6) is 0 Å². The average Bonchev–Trinajstić information content (AvgIpc) is 0.854. The molecule has 0 bridgehead atoms. The maximum Gasteiger partial charge on any atom is 0.129 e. The van der Waals surface area contributed by atoms with Crippen molar-refractivity contribution in [2.45, 2.75) is 517 Å². The molecule has 8 heteroatoms. The number of hydrogen-bond acceptors (Lipinski definition) is 4. The highest BCUT2D eigenvalue weighted by Gasteiger charge is 2.25. The van der Waals surface area contributed by atoms with Gasteiger partial charge in [0.1, 0.15) is 23.3 Å². The van der Waals surface area contributed by atoms with Crippen LogP contribution in [0.1, 0.15) is 480 Å². The van der Waals surface area contributed by atoms with Crippen molar-refractivity contribution in [3.63, 3.8) is 0 Å². The van der Waals surface area contributed by atoms with Crippen LogP contribution >= 0.6 is 0 Å². The topological polar surface area (TPSA) is 36.9 Å². The van der Waals surface area contributed by atoms with Crippen LogP contribution in [0.2, 0.25) is 0 Å². The van der Waals surface area contributed by atoms with E-state index < -0.39 is 0 Å². The lowest BCUT2D eigenvalue weighted by Gasteiger charge is -2.29. The van der Waals surface area contributed by atoms with E-state index in [0.29, 0.717) is 36.3 Å². The van der Waals surface area contributed by atoms with Crippen molar-refractivity contribution in [1.82, 2.24) is 0 Å². The minimum absolute atomic E-state index is 0. The summed E-state index contributed by atoms with van der Waals surface area (Å²) in [5.74, 6) is 3.00. The highest BCUT2D eigenvalue weighted by atomic mass is 19.1. The number of ether oxygens (including phenoxy) is 4. The molecule has 4 saturated heterocycles. The molecule has 4 aromatic rings. The summed E-state index contributed by atoms with van der Waals surface area (Å²) in [6.45, 7) is 28.8. The molecular weight excluding hydrogens is 1440 g/mol. The molecule has 4 aliphatic rings. The van der Waals surface area contributed by atoms with Gasteiger partial charge in [0.2, 0.25) is 0 Å². The van der Waals surface area contributed by atoms with E-state index in [2.05, 4.69) is 79.7 Å². The molecule has 4 heterocycles. The number of benzene rings is 4. The molecule has 4 fully saturated rings. The second-order valence-electron chi connectivity index (χ2n) is 28.6. The SMILES string of the molecule is C.C.C.C.C.C.C.C.C.C.C.C.C.C.C.C.C.C.C.C.C.C.C.C.CCCc1ccc(CCCC2CCC(CCC)CO2)c(C)c1F.CCCc1ccc(CCCC2CCC(CCC)CO2)c(F)c1C.CCCc1ccc(CCCC2CCC(CCC)OC2)c(C)c1F.CCCc1ccc(CCCC2CCC(CCC)OC2)c(F)c1C. The Labute approximate surface area is 738 Å². The van der Waals surface area contributed by atoms with Gasteiger partial charge in [-0.1, -0.05) is 334 Å². The zero-order valence-corrected chi connectivity index (χ0v) is 60.7. The number of halogens is 4. The molecule has 0 radical (unpaired) electrons. The molecule has 8 rings (SSSR count). The summed E-state index contributed by atoms with van der Waals surface area (Å²) in [4.78, 5) is 0. The van der Waals surface area contributed by atoms with Gasteiger partial charge in [-0.15, -0.1) is 0 Å². The predicted octanol–water partition coefficient (Wildman–Crippen LogP) is 39.3. The van der Waals surface area contributed by atoms with Gasteiger partial charge in [-0.2, -0.15) is 0 Å². The molecule has 0 amide bonds. The van der Waals surface area contributed by atoms with Crippen molar-refractivity contribution in [3.8, 4) is 0 Å². The van der Waals surface area contributed by atoms with Gasteiger partial charge >= 0.3 is 0 Å². The summed E-state index contributed by atoms with van der Waals surface area (Å²) >= 11 is 0. The van der Waals surface area contributed by atoms with Crippen molar-refractivity contribution in [2.75, 3.05) is 26.4 Å². The first-order chi connectivity index (χ1) is 44.6. The Bertz CT molecular complexity index is 2260. The van der Waals surface area contributed by atoms with E-state index in [-0.39, 0.29) is 202 Å². The number of hydrogen-bond donors (Lipinski definition) is 0. The highest BCUT2D eigenvalue weighted by molar-refractivity contribution is 5.36. The van der Waals surface area contributed by atoms with Crippen molar-refractivity contribution < 1.29 is 36.5 Å². The quantitative estimate of drug-likeness (QED) is 0.0457. The molecule has 712 valence electrons. The third-order valence-electron chi connectivity index (χ3n) is 20.9. The summed E-state index contributed by atoms with van der Waals surface area (Å²) in [6.07, 6.45) is 42.0. The Balaban J connectivity index is -0.0000000551.